The Morgan fingerprint density at radius 3 is 2.58 bits per heavy atom. The number of alkyl halides is 3. The van der Waals surface area contributed by atoms with Crippen molar-refractivity contribution in [2.24, 2.45) is 0 Å². The molecule has 10 heteroatoms. The van der Waals surface area contributed by atoms with Crippen LogP contribution >= 0.6 is 11.3 Å². The summed E-state index contributed by atoms with van der Waals surface area (Å²) < 4.78 is 39.6. The number of halogens is 3. The number of aromatic nitrogens is 4. The summed E-state index contributed by atoms with van der Waals surface area (Å²) in [7, 11) is 0. The third kappa shape index (κ3) is 3.93. The molecule has 24 heavy (non-hydrogen) atoms. The first-order valence-corrected chi connectivity index (χ1v) is 8.27. The quantitative estimate of drug-likeness (QED) is 0.768. The summed E-state index contributed by atoms with van der Waals surface area (Å²) in [6, 6.07) is 0. The molecule has 3 heterocycles. The Morgan fingerprint density at radius 1 is 1.21 bits per heavy atom. The molecule has 2 aromatic heterocycles. The topological polar surface area (TPSA) is 50.1 Å². The van der Waals surface area contributed by atoms with Gasteiger partial charge < -0.3 is 4.90 Å². The lowest BCUT2D eigenvalue weighted by Crippen LogP contribution is -2.45. The molecule has 0 N–H and O–H groups in total. The van der Waals surface area contributed by atoms with Crippen molar-refractivity contribution in [2.75, 3.05) is 31.1 Å². The Kier molecular flexibility index (Phi) is 4.86. The number of hydrogen-bond acceptors (Lipinski definition) is 6. The number of rotatable bonds is 5. The van der Waals surface area contributed by atoms with Gasteiger partial charge in [0.25, 0.3) is 0 Å². The van der Waals surface area contributed by atoms with Crippen molar-refractivity contribution in [3.63, 3.8) is 0 Å². The number of nitrogens with zero attached hydrogens (tertiary/aromatic N) is 6. The van der Waals surface area contributed by atoms with E-state index in [1.807, 2.05) is 22.0 Å². The summed E-state index contributed by atoms with van der Waals surface area (Å²) in [5.41, 5.74) is 1.11. The standard InChI is InChI=1S/C14H17F3N6S/c1-2-3-23-10-11(8-18-23)9-21-4-6-22(7-5-21)13-20-19-12(24-13)14(15,16)17/h2,8,10H,1,3-7,9H2. The molecule has 6 nitrogen and oxygen atoms in total. The minimum atomic E-state index is -4.43. The average Bonchev–Trinajstić information content (AvgIpc) is 3.18. The van der Waals surface area contributed by atoms with E-state index in [1.54, 1.807) is 6.08 Å². The van der Waals surface area contributed by atoms with Crippen LogP contribution in [0, 0.1) is 0 Å². The Bertz CT molecular complexity index is 687. The molecule has 0 bridgehead atoms. The van der Waals surface area contributed by atoms with Crippen molar-refractivity contribution < 1.29 is 13.2 Å². The van der Waals surface area contributed by atoms with Gasteiger partial charge in [-0.25, -0.2) is 0 Å². The van der Waals surface area contributed by atoms with E-state index in [1.165, 1.54) is 0 Å². The number of hydrogen-bond donors (Lipinski definition) is 0. The third-order valence-electron chi connectivity index (χ3n) is 3.71. The zero-order chi connectivity index (χ0) is 17.2. The molecule has 0 aliphatic carbocycles. The van der Waals surface area contributed by atoms with Gasteiger partial charge in [0.05, 0.1) is 12.7 Å². The zero-order valence-electron chi connectivity index (χ0n) is 12.9. The maximum Gasteiger partial charge on any atom is 0.445 e. The van der Waals surface area contributed by atoms with Crippen LogP contribution < -0.4 is 4.90 Å². The van der Waals surface area contributed by atoms with Gasteiger partial charge in [-0.15, -0.1) is 16.8 Å². The maximum atomic E-state index is 12.6. The normalized spacial score (nSPS) is 16.5. The highest BCUT2D eigenvalue weighted by Crippen LogP contribution is 2.34. The second-order valence-corrected chi connectivity index (χ2v) is 6.47. The maximum absolute atomic E-state index is 12.6. The summed E-state index contributed by atoms with van der Waals surface area (Å²) in [5.74, 6) is 0. The lowest BCUT2D eigenvalue weighted by Gasteiger charge is -2.34. The van der Waals surface area contributed by atoms with Crippen LogP contribution in [0.2, 0.25) is 0 Å². The van der Waals surface area contributed by atoms with E-state index in [9.17, 15) is 13.2 Å². The van der Waals surface area contributed by atoms with Crippen LogP contribution in [0.1, 0.15) is 10.6 Å². The summed E-state index contributed by atoms with van der Waals surface area (Å²) in [6.07, 6.45) is 1.17. The molecule has 1 aliphatic heterocycles. The minimum absolute atomic E-state index is 0.334. The van der Waals surface area contributed by atoms with E-state index in [0.29, 0.717) is 36.1 Å². The Hall–Kier alpha value is -1.94. The van der Waals surface area contributed by atoms with Gasteiger partial charge in [-0.3, -0.25) is 9.58 Å². The van der Waals surface area contributed by atoms with Gasteiger partial charge in [-0.05, 0) is 0 Å². The van der Waals surface area contributed by atoms with Gasteiger partial charge in [0.1, 0.15) is 0 Å². The Morgan fingerprint density at radius 2 is 1.96 bits per heavy atom. The van der Waals surface area contributed by atoms with Crippen molar-refractivity contribution in [1.29, 1.82) is 0 Å². The molecule has 0 aromatic carbocycles. The Labute approximate surface area is 141 Å². The molecule has 0 radical (unpaired) electrons. The predicted octanol–water partition coefficient (Wildman–Crippen LogP) is 2.26. The smallest absolute Gasteiger partial charge is 0.344 e. The zero-order valence-corrected chi connectivity index (χ0v) is 13.7. The van der Waals surface area contributed by atoms with E-state index < -0.39 is 11.2 Å². The SMILES string of the molecule is C=CCn1cc(CN2CCN(c3nnc(C(F)(F)F)s3)CC2)cn1. The van der Waals surface area contributed by atoms with Crippen LogP contribution in [-0.4, -0.2) is 51.1 Å². The highest BCUT2D eigenvalue weighted by atomic mass is 32.1. The van der Waals surface area contributed by atoms with E-state index >= 15 is 0 Å². The van der Waals surface area contributed by atoms with Gasteiger partial charge in [0, 0.05) is 44.5 Å². The van der Waals surface area contributed by atoms with Crippen LogP contribution in [0.5, 0.6) is 0 Å². The lowest BCUT2D eigenvalue weighted by atomic mass is 10.2. The van der Waals surface area contributed by atoms with Crippen LogP contribution in [-0.2, 0) is 19.3 Å². The highest BCUT2D eigenvalue weighted by molar-refractivity contribution is 7.15. The summed E-state index contributed by atoms with van der Waals surface area (Å²) in [5, 5.41) is 10.6. The summed E-state index contributed by atoms with van der Waals surface area (Å²) >= 11 is 0.598. The van der Waals surface area contributed by atoms with Crippen molar-refractivity contribution in [3.05, 3.63) is 35.6 Å². The molecule has 1 fully saturated rings. The fourth-order valence-corrected chi connectivity index (χ4v) is 3.30. The van der Waals surface area contributed by atoms with Crippen molar-refractivity contribution in [3.8, 4) is 0 Å². The molecule has 0 unspecified atom stereocenters. The van der Waals surface area contributed by atoms with Gasteiger partial charge >= 0.3 is 6.18 Å². The van der Waals surface area contributed by atoms with Crippen LogP contribution in [0.4, 0.5) is 18.3 Å². The van der Waals surface area contributed by atoms with Crippen molar-refractivity contribution in [2.45, 2.75) is 19.3 Å². The fourth-order valence-electron chi connectivity index (χ4n) is 2.53. The fraction of sp³-hybridized carbons (Fsp3) is 0.500. The van der Waals surface area contributed by atoms with E-state index in [-0.39, 0.29) is 0 Å². The lowest BCUT2D eigenvalue weighted by molar-refractivity contribution is -0.138. The molecule has 1 aliphatic rings. The van der Waals surface area contributed by atoms with Gasteiger partial charge in [-0.1, -0.05) is 17.4 Å². The predicted molar refractivity (Wildman–Crippen MR) is 84.8 cm³/mol. The number of piperazine rings is 1. The molecule has 2 aromatic rings. The minimum Gasteiger partial charge on any atom is -0.344 e. The third-order valence-corrected chi connectivity index (χ3v) is 4.74. The van der Waals surface area contributed by atoms with Gasteiger partial charge in [0.15, 0.2) is 0 Å². The molecule has 130 valence electrons. The first-order valence-electron chi connectivity index (χ1n) is 7.46. The molecular formula is C14H17F3N6S. The first kappa shape index (κ1) is 16.9. The molecule has 1 saturated heterocycles. The summed E-state index contributed by atoms with van der Waals surface area (Å²) in [4.78, 5) is 4.10. The van der Waals surface area contributed by atoms with Crippen LogP contribution in [0.3, 0.4) is 0 Å². The van der Waals surface area contributed by atoms with Crippen molar-refractivity contribution in [1.82, 2.24) is 24.9 Å². The number of anilines is 1. The van der Waals surface area contributed by atoms with Crippen molar-refractivity contribution >= 4 is 16.5 Å². The first-order chi connectivity index (χ1) is 11.5. The van der Waals surface area contributed by atoms with E-state index in [0.717, 1.165) is 25.2 Å². The van der Waals surface area contributed by atoms with Gasteiger partial charge in [-0.2, -0.15) is 18.3 Å². The van der Waals surface area contributed by atoms with Crippen LogP contribution in [0.25, 0.3) is 0 Å². The largest absolute Gasteiger partial charge is 0.445 e. The molecule has 3 rings (SSSR count). The van der Waals surface area contributed by atoms with E-state index in [4.69, 9.17) is 0 Å². The second-order valence-electron chi connectivity index (χ2n) is 5.51. The Balaban J connectivity index is 1.53. The second kappa shape index (κ2) is 6.89. The monoisotopic (exact) mass is 358 g/mol. The number of allylic oxidation sites excluding steroid dienone is 1. The van der Waals surface area contributed by atoms with E-state index in [2.05, 4.69) is 26.8 Å². The molecular weight excluding hydrogens is 341 g/mol. The molecule has 0 atom stereocenters. The molecule has 0 saturated carbocycles. The summed E-state index contributed by atoms with van der Waals surface area (Å²) in [6.45, 7) is 7.90. The molecule has 0 spiro atoms. The van der Waals surface area contributed by atoms with Crippen LogP contribution in [0.15, 0.2) is 25.0 Å². The average molecular weight is 358 g/mol. The van der Waals surface area contributed by atoms with Gasteiger partial charge in [0.2, 0.25) is 10.1 Å². The molecule has 0 amide bonds. The highest BCUT2D eigenvalue weighted by Gasteiger charge is 2.36.